The van der Waals surface area contributed by atoms with Crippen LogP contribution in [-0.2, 0) is 9.59 Å². The van der Waals surface area contributed by atoms with Crippen LogP contribution in [0.3, 0.4) is 0 Å². The van der Waals surface area contributed by atoms with Crippen LogP contribution in [0.2, 0.25) is 0 Å². The predicted molar refractivity (Wildman–Crippen MR) is 91.3 cm³/mol. The molecule has 6 nitrogen and oxygen atoms in total. The van der Waals surface area contributed by atoms with E-state index in [2.05, 4.69) is 0 Å². The SMILES string of the molecule is O=C(O)[C@@H]1[C@H]2CCC[C@@H]2CN1C(=O)c1ccc(N2CCCC2=O)cc1. The Morgan fingerprint density at radius 2 is 1.84 bits per heavy atom. The highest BCUT2D eigenvalue weighted by atomic mass is 16.4. The van der Waals surface area contributed by atoms with Crippen molar-refractivity contribution in [1.29, 1.82) is 0 Å². The van der Waals surface area contributed by atoms with Crippen LogP contribution in [0.1, 0.15) is 42.5 Å². The molecule has 2 saturated heterocycles. The first-order valence-electron chi connectivity index (χ1n) is 9.00. The molecule has 0 radical (unpaired) electrons. The molecular formula is C19H22N2O4. The Hall–Kier alpha value is -2.37. The highest BCUT2D eigenvalue weighted by molar-refractivity contribution is 5.99. The predicted octanol–water partition coefficient (Wildman–Crippen LogP) is 2.14. The van der Waals surface area contributed by atoms with Crippen molar-refractivity contribution in [3.63, 3.8) is 0 Å². The Bertz CT molecular complexity index is 715. The molecule has 132 valence electrons. The van der Waals surface area contributed by atoms with Gasteiger partial charge in [-0.05, 0) is 55.4 Å². The first-order valence-corrected chi connectivity index (χ1v) is 9.00. The van der Waals surface area contributed by atoms with Crippen LogP contribution in [0, 0.1) is 11.8 Å². The van der Waals surface area contributed by atoms with Crippen molar-refractivity contribution in [1.82, 2.24) is 4.90 Å². The van der Waals surface area contributed by atoms with Crippen molar-refractivity contribution in [2.24, 2.45) is 11.8 Å². The second kappa shape index (κ2) is 6.17. The van der Waals surface area contributed by atoms with Crippen molar-refractivity contribution < 1.29 is 19.5 Å². The lowest BCUT2D eigenvalue weighted by Crippen LogP contribution is -2.43. The summed E-state index contributed by atoms with van der Waals surface area (Å²) in [4.78, 5) is 39.7. The summed E-state index contributed by atoms with van der Waals surface area (Å²) >= 11 is 0. The number of carbonyl (C=O) groups is 3. The van der Waals surface area contributed by atoms with Gasteiger partial charge in [-0.2, -0.15) is 0 Å². The van der Waals surface area contributed by atoms with E-state index in [4.69, 9.17) is 0 Å². The van der Waals surface area contributed by atoms with Crippen molar-refractivity contribution >= 4 is 23.5 Å². The molecule has 0 unspecified atom stereocenters. The first-order chi connectivity index (χ1) is 12.1. The molecule has 1 aromatic rings. The zero-order chi connectivity index (χ0) is 17.6. The van der Waals surface area contributed by atoms with E-state index < -0.39 is 12.0 Å². The minimum atomic E-state index is -0.901. The maximum atomic E-state index is 12.9. The maximum Gasteiger partial charge on any atom is 0.326 e. The number of hydrogen-bond acceptors (Lipinski definition) is 3. The second-order valence-corrected chi connectivity index (χ2v) is 7.29. The van der Waals surface area contributed by atoms with Crippen LogP contribution in [0.15, 0.2) is 24.3 Å². The largest absolute Gasteiger partial charge is 0.480 e. The molecule has 3 atom stereocenters. The number of rotatable bonds is 3. The van der Waals surface area contributed by atoms with E-state index in [0.717, 1.165) is 31.4 Å². The zero-order valence-electron chi connectivity index (χ0n) is 14.1. The van der Waals surface area contributed by atoms with Crippen molar-refractivity contribution in [3.05, 3.63) is 29.8 Å². The summed E-state index contributed by atoms with van der Waals surface area (Å²) in [5.74, 6) is -0.616. The standard InChI is InChI=1S/C19H22N2O4/c22-16-5-2-10-20(16)14-8-6-12(7-9-14)18(23)21-11-13-3-1-4-15(13)17(21)19(24)25/h6-9,13,15,17H,1-5,10-11H2,(H,24,25)/t13-,15+,17+/m1/s1. The lowest BCUT2D eigenvalue weighted by Gasteiger charge is -2.24. The number of anilines is 1. The molecule has 25 heavy (non-hydrogen) atoms. The van der Waals surface area contributed by atoms with Gasteiger partial charge in [-0.3, -0.25) is 9.59 Å². The normalized spacial score (nSPS) is 28.5. The first kappa shape index (κ1) is 16.1. The van der Waals surface area contributed by atoms with Gasteiger partial charge in [0.05, 0.1) is 0 Å². The number of benzene rings is 1. The highest BCUT2D eigenvalue weighted by Gasteiger charge is 2.49. The summed E-state index contributed by atoms with van der Waals surface area (Å²) in [6, 6.07) is 6.26. The molecule has 2 aliphatic heterocycles. The average molecular weight is 342 g/mol. The quantitative estimate of drug-likeness (QED) is 0.913. The van der Waals surface area contributed by atoms with Crippen molar-refractivity contribution in [2.75, 3.05) is 18.0 Å². The number of carboxylic acid groups (broad SMARTS) is 1. The lowest BCUT2D eigenvalue weighted by molar-refractivity contribution is -0.142. The Morgan fingerprint density at radius 1 is 1.08 bits per heavy atom. The van der Waals surface area contributed by atoms with E-state index in [1.165, 1.54) is 4.90 Å². The molecule has 0 spiro atoms. The van der Waals surface area contributed by atoms with Gasteiger partial charge in [-0.1, -0.05) is 6.42 Å². The summed E-state index contributed by atoms with van der Waals surface area (Å²) in [5.41, 5.74) is 1.29. The molecule has 2 heterocycles. The van der Waals surface area contributed by atoms with Gasteiger partial charge in [0.25, 0.3) is 5.91 Å². The molecule has 3 fully saturated rings. The van der Waals surface area contributed by atoms with Gasteiger partial charge in [0.15, 0.2) is 0 Å². The smallest absolute Gasteiger partial charge is 0.326 e. The monoisotopic (exact) mass is 342 g/mol. The van der Waals surface area contributed by atoms with Gasteiger partial charge in [0.1, 0.15) is 6.04 Å². The number of amides is 2. The summed E-state index contributed by atoms with van der Waals surface area (Å²) < 4.78 is 0. The number of aliphatic carboxylic acids is 1. The number of hydrogen-bond donors (Lipinski definition) is 1. The Balaban J connectivity index is 1.54. The number of carbonyl (C=O) groups excluding carboxylic acids is 2. The minimum absolute atomic E-state index is 0.0861. The van der Waals surface area contributed by atoms with Gasteiger partial charge in [-0.15, -0.1) is 0 Å². The van der Waals surface area contributed by atoms with Crippen LogP contribution >= 0.6 is 0 Å². The van der Waals surface area contributed by atoms with Crippen molar-refractivity contribution in [2.45, 2.75) is 38.1 Å². The molecule has 1 saturated carbocycles. The average Bonchev–Trinajstić information content (AvgIpc) is 3.29. The number of carboxylic acids is 1. The fourth-order valence-corrected chi connectivity index (χ4v) is 4.70. The van der Waals surface area contributed by atoms with E-state index in [1.807, 2.05) is 0 Å². The highest BCUT2D eigenvalue weighted by Crippen LogP contribution is 2.42. The third kappa shape index (κ3) is 2.69. The fourth-order valence-electron chi connectivity index (χ4n) is 4.70. The number of likely N-dealkylation sites (tertiary alicyclic amines) is 1. The minimum Gasteiger partial charge on any atom is -0.480 e. The topological polar surface area (TPSA) is 77.9 Å². The third-order valence-electron chi connectivity index (χ3n) is 5.90. The van der Waals surface area contributed by atoms with Gasteiger partial charge in [0, 0.05) is 30.8 Å². The molecular weight excluding hydrogens is 320 g/mol. The number of nitrogens with zero attached hydrogens (tertiary/aromatic N) is 2. The summed E-state index contributed by atoms with van der Waals surface area (Å²) in [6.45, 7) is 1.25. The molecule has 4 rings (SSSR count). The van der Waals surface area contributed by atoms with Crippen LogP contribution in [0.5, 0.6) is 0 Å². The molecule has 3 aliphatic rings. The molecule has 0 bridgehead atoms. The summed E-state index contributed by atoms with van der Waals surface area (Å²) in [7, 11) is 0. The van der Waals surface area contributed by atoms with Gasteiger partial charge < -0.3 is 14.9 Å². The molecule has 1 aromatic carbocycles. The van der Waals surface area contributed by atoms with Gasteiger partial charge in [-0.25, -0.2) is 4.79 Å². The summed E-state index contributed by atoms with van der Waals surface area (Å²) in [6.07, 6.45) is 4.38. The molecule has 6 heteroatoms. The van der Waals surface area contributed by atoms with E-state index in [0.29, 0.717) is 31.0 Å². The van der Waals surface area contributed by atoms with Crippen LogP contribution in [0.4, 0.5) is 5.69 Å². The second-order valence-electron chi connectivity index (χ2n) is 7.29. The van der Waals surface area contributed by atoms with Crippen LogP contribution < -0.4 is 4.90 Å². The van der Waals surface area contributed by atoms with Crippen LogP contribution in [-0.4, -0.2) is 46.9 Å². The number of fused-ring (bicyclic) bond motifs is 1. The molecule has 2 amide bonds. The van der Waals surface area contributed by atoms with Crippen molar-refractivity contribution in [3.8, 4) is 0 Å². The lowest BCUT2D eigenvalue weighted by atomic mass is 9.94. The Labute approximate surface area is 146 Å². The molecule has 0 aromatic heterocycles. The zero-order valence-corrected chi connectivity index (χ0v) is 14.1. The van der Waals surface area contributed by atoms with E-state index in [9.17, 15) is 19.5 Å². The van der Waals surface area contributed by atoms with Gasteiger partial charge in [0.2, 0.25) is 5.91 Å². The third-order valence-corrected chi connectivity index (χ3v) is 5.90. The van der Waals surface area contributed by atoms with E-state index in [-0.39, 0.29) is 17.7 Å². The fraction of sp³-hybridized carbons (Fsp3) is 0.526. The summed E-state index contributed by atoms with van der Waals surface area (Å²) in [5, 5.41) is 9.61. The molecule has 1 aliphatic carbocycles. The molecule has 1 N–H and O–H groups in total. The van der Waals surface area contributed by atoms with E-state index >= 15 is 0 Å². The Kier molecular flexibility index (Phi) is 3.98. The maximum absolute atomic E-state index is 12.9. The Morgan fingerprint density at radius 3 is 2.48 bits per heavy atom. The van der Waals surface area contributed by atoms with Gasteiger partial charge >= 0.3 is 5.97 Å². The van der Waals surface area contributed by atoms with E-state index in [1.54, 1.807) is 29.2 Å². The van der Waals surface area contributed by atoms with Crippen LogP contribution in [0.25, 0.3) is 0 Å².